The largest absolute Gasteiger partial charge is 0.490 e. The first-order chi connectivity index (χ1) is 11.7. The second kappa shape index (κ2) is 7.76. The first-order valence-corrected chi connectivity index (χ1v) is 10.1. The Balaban J connectivity index is 1.60. The van der Waals surface area contributed by atoms with Crippen molar-refractivity contribution in [1.29, 1.82) is 0 Å². The summed E-state index contributed by atoms with van der Waals surface area (Å²) in [5, 5.41) is 0. The molecule has 3 aliphatic carbocycles. The minimum atomic E-state index is 0.467. The van der Waals surface area contributed by atoms with Crippen molar-refractivity contribution in [1.82, 2.24) is 0 Å². The van der Waals surface area contributed by atoms with Gasteiger partial charge in [-0.25, -0.2) is 0 Å². The highest BCUT2D eigenvalue weighted by atomic mass is 16.5. The standard InChI is InChI=1S/C23H34O/c1-3-5-7-12-22-13-16-23(17-14-22,18-15-22)20-8-10-21(11-9-20)24-19-6-4-2/h4,6,8-11H,3,5,7,12-19H2,1-2H3/b6-4+. The molecule has 3 saturated carbocycles. The highest BCUT2D eigenvalue weighted by molar-refractivity contribution is 5.34. The number of ether oxygens (including phenoxy) is 1. The van der Waals surface area contributed by atoms with Crippen molar-refractivity contribution in [2.45, 2.75) is 83.5 Å². The van der Waals surface area contributed by atoms with Crippen molar-refractivity contribution in [3.63, 3.8) is 0 Å². The van der Waals surface area contributed by atoms with Gasteiger partial charge in [-0.3, -0.25) is 0 Å². The monoisotopic (exact) mass is 326 g/mol. The van der Waals surface area contributed by atoms with Crippen LogP contribution in [0.3, 0.4) is 0 Å². The summed E-state index contributed by atoms with van der Waals surface area (Å²) in [6.45, 7) is 5.01. The molecule has 0 aromatic heterocycles. The Labute approximate surface area is 148 Å². The lowest BCUT2D eigenvalue weighted by atomic mass is 9.51. The van der Waals surface area contributed by atoms with Gasteiger partial charge in [0.2, 0.25) is 0 Å². The van der Waals surface area contributed by atoms with Crippen molar-refractivity contribution in [3.8, 4) is 5.75 Å². The van der Waals surface area contributed by atoms with E-state index in [1.54, 1.807) is 5.56 Å². The van der Waals surface area contributed by atoms with E-state index < -0.39 is 0 Å². The predicted octanol–water partition coefficient (Wildman–Crippen LogP) is 6.81. The summed E-state index contributed by atoms with van der Waals surface area (Å²) in [6, 6.07) is 9.01. The molecule has 0 aliphatic heterocycles. The fourth-order valence-electron chi connectivity index (χ4n) is 4.97. The Morgan fingerprint density at radius 3 is 2.21 bits per heavy atom. The molecule has 132 valence electrons. The van der Waals surface area contributed by atoms with E-state index in [1.807, 2.05) is 19.1 Å². The number of fused-ring (bicyclic) bond motifs is 3. The van der Waals surface area contributed by atoms with Gasteiger partial charge in [-0.15, -0.1) is 0 Å². The second-order valence-corrected chi connectivity index (χ2v) is 8.14. The Morgan fingerprint density at radius 2 is 1.62 bits per heavy atom. The fourth-order valence-corrected chi connectivity index (χ4v) is 4.97. The van der Waals surface area contributed by atoms with Crippen molar-refractivity contribution < 1.29 is 4.74 Å². The third-order valence-corrected chi connectivity index (χ3v) is 6.76. The third kappa shape index (κ3) is 3.71. The van der Waals surface area contributed by atoms with Gasteiger partial charge in [0.1, 0.15) is 12.4 Å². The molecule has 0 N–H and O–H groups in total. The summed E-state index contributed by atoms with van der Waals surface area (Å²) < 4.78 is 5.75. The Kier molecular flexibility index (Phi) is 5.69. The molecule has 0 radical (unpaired) electrons. The van der Waals surface area contributed by atoms with E-state index in [4.69, 9.17) is 4.74 Å². The molecule has 0 amide bonds. The maximum Gasteiger partial charge on any atom is 0.119 e. The SMILES string of the molecule is C/C=C/COc1ccc(C23CCC(CCCCC)(CC2)CC3)cc1. The number of benzene rings is 1. The van der Waals surface area contributed by atoms with Gasteiger partial charge < -0.3 is 4.74 Å². The Bertz CT molecular complexity index is 515. The van der Waals surface area contributed by atoms with Crippen LogP contribution < -0.4 is 4.74 Å². The lowest BCUT2D eigenvalue weighted by molar-refractivity contribution is 0.0305. The van der Waals surface area contributed by atoms with Gasteiger partial charge in [0.15, 0.2) is 0 Å². The highest BCUT2D eigenvalue weighted by Gasteiger charge is 2.48. The van der Waals surface area contributed by atoms with E-state index in [0.717, 1.165) is 5.75 Å². The topological polar surface area (TPSA) is 9.23 Å². The average molecular weight is 327 g/mol. The predicted molar refractivity (Wildman–Crippen MR) is 103 cm³/mol. The van der Waals surface area contributed by atoms with Gasteiger partial charge in [0, 0.05) is 0 Å². The van der Waals surface area contributed by atoms with E-state index in [-0.39, 0.29) is 0 Å². The highest BCUT2D eigenvalue weighted by Crippen LogP contribution is 2.59. The molecule has 3 fully saturated rings. The molecule has 0 spiro atoms. The van der Waals surface area contributed by atoms with E-state index in [1.165, 1.54) is 64.2 Å². The summed E-state index contributed by atoms with van der Waals surface area (Å²) >= 11 is 0. The number of hydrogen-bond donors (Lipinski definition) is 0. The Hall–Kier alpha value is -1.24. The zero-order valence-corrected chi connectivity index (χ0v) is 15.7. The van der Waals surface area contributed by atoms with Crippen LogP contribution in [0.15, 0.2) is 36.4 Å². The minimum absolute atomic E-state index is 0.467. The lowest BCUT2D eigenvalue weighted by Gasteiger charge is -2.54. The minimum Gasteiger partial charge on any atom is -0.490 e. The van der Waals surface area contributed by atoms with Gasteiger partial charge >= 0.3 is 0 Å². The molecule has 1 aromatic carbocycles. The normalized spacial score (nSPS) is 29.2. The molecule has 4 rings (SSSR count). The number of unbranched alkanes of at least 4 members (excludes halogenated alkanes) is 2. The molecular formula is C23H34O. The van der Waals surface area contributed by atoms with Crippen molar-refractivity contribution in [3.05, 3.63) is 42.0 Å². The summed E-state index contributed by atoms with van der Waals surface area (Å²) in [4.78, 5) is 0. The number of hydrogen-bond acceptors (Lipinski definition) is 1. The number of rotatable bonds is 8. The van der Waals surface area contributed by atoms with Crippen LogP contribution in [0.2, 0.25) is 0 Å². The molecular weight excluding hydrogens is 292 g/mol. The van der Waals surface area contributed by atoms with Crippen LogP contribution in [-0.4, -0.2) is 6.61 Å². The molecule has 0 atom stereocenters. The molecule has 0 heterocycles. The fraction of sp³-hybridized carbons (Fsp3) is 0.652. The molecule has 1 aromatic rings. The number of allylic oxidation sites excluding steroid dienone is 1. The molecule has 3 aliphatic rings. The first kappa shape index (κ1) is 17.6. The summed E-state index contributed by atoms with van der Waals surface area (Å²) in [6.07, 6.45) is 18.3. The van der Waals surface area contributed by atoms with Gasteiger partial charge in [-0.2, -0.15) is 0 Å². The van der Waals surface area contributed by atoms with Crippen molar-refractivity contribution in [2.75, 3.05) is 6.61 Å². The zero-order chi connectivity index (χ0) is 16.9. The van der Waals surface area contributed by atoms with Crippen LogP contribution in [-0.2, 0) is 5.41 Å². The third-order valence-electron chi connectivity index (χ3n) is 6.76. The molecule has 1 nitrogen and oxygen atoms in total. The maximum absolute atomic E-state index is 5.75. The average Bonchev–Trinajstić information content (AvgIpc) is 2.64. The van der Waals surface area contributed by atoms with Crippen LogP contribution in [0.4, 0.5) is 0 Å². The lowest BCUT2D eigenvalue weighted by Crippen LogP contribution is -2.44. The molecule has 24 heavy (non-hydrogen) atoms. The van der Waals surface area contributed by atoms with Crippen LogP contribution >= 0.6 is 0 Å². The van der Waals surface area contributed by atoms with Crippen molar-refractivity contribution >= 4 is 0 Å². The van der Waals surface area contributed by atoms with Crippen LogP contribution in [0, 0.1) is 5.41 Å². The van der Waals surface area contributed by atoms with Crippen LogP contribution in [0.5, 0.6) is 5.75 Å². The molecule has 2 bridgehead atoms. The summed E-state index contributed by atoms with van der Waals surface area (Å²) in [7, 11) is 0. The second-order valence-electron chi connectivity index (χ2n) is 8.14. The summed E-state index contributed by atoms with van der Waals surface area (Å²) in [5.41, 5.74) is 2.73. The van der Waals surface area contributed by atoms with E-state index in [0.29, 0.717) is 17.4 Å². The quantitative estimate of drug-likeness (QED) is 0.376. The van der Waals surface area contributed by atoms with Gasteiger partial charge in [0.25, 0.3) is 0 Å². The van der Waals surface area contributed by atoms with E-state index >= 15 is 0 Å². The van der Waals surface area contributed by atoms with Gasteiger partial charge in [-0.05, 0) is 80.4 Å². The Morgan fingerprint density at radius 1 is 0.958 bits per heavy atom. The van der Waals surface area contributed by atoms with Crippen LogP contribution in [0.25, 0.3) is 0 Å². The molecule has 0 unspecified atom stereocenters. The van der Waals surface area contributed by atoms with Gasteiger partial charge in [0.05, 0.1) is 0 Å². The van der Waals surface area contributed by atoms with E-state index in [2.05, 4.69) is 31.2 Å². The molecule has 0 saturated heterocycles. The van der Waals surface area contributed by atoms with Crippen molar-refractivity contribution in [2.24, 2.45) is 5.41 Å². The summed E-state index contributed by atoms with van der Waals surface area (Å²) in [5.74, 6) is 0.994. The zero-order valence-electron chi connectivity index (χ0n) is 15.7. The first-order valence-electron chi connectivity index (χ1n) is 10.1. The van der Waals surface area contributed by atoms with Crippen LogP contribution in [0.1, 0.15) is 83.6 Å². The van der Waals surface area contributed by atoms with E-state index in [9.17, 15) is 0 Å². The van der Waals surface area contributed by atoms with Gasteiger partial charge in [-0.1, -0.05) is 50.5 Å². The smallest absolute Gasteiger partial charge is 0.119 e. The maximum atomic E-state index is 5.75. The molecule has 1 heteroatoms.